The molecular weight excluding hydrogens is 265 g/mol. The van der Waals surface area contributed by atoms with Gasteiger partial charge in [0.15, 0.2) is 11.5 Å². The van der Waals surface area contributed by atoms with E-state index in [2.05, 4.69) is 0 Å². The van der Waals surface area contributed by atoms with Crippen molar-refractivity contribution >= 4 is 0 Å². The second-order valence-electron chi connectivity index (χ2n) is 4.31. The number of benzene rings is 2. The van der Waals surface area contributed by atoms with Crippen LogP contribution in [0.5, 0.6) is 23.0 Å². The summed E-state index contributed by atoms with van der Waals surface area (Å²) in [5.74, 6) is 5.71. The summed E-state index contributed by atoms with van der Waals surface area (Å²) in [7, 11) is 0. The summed E-state index contributed by atoms with van der Waals surface area (Å²) in [6.07, 6.45) is 0. The zero-order chi connectivity index (χ0) is 14.1. The molecule has 0 saturated heterocycles. The van der Waals surface area contributed by atoms with E-state index in [0.717, 1.165) is 6.07 Å². The average molecular weight is 277 g/mol. The van der Waals surface area contributed by atoms with Crippen molar-refractivity contribution in [3.8, 4) is 34.1 Å². The number of hydrogen-bond acceptors (Lipinski definition) is 5. The van der Waals surface area contributed by atoms with Gasteiger partial charge in [-0.25, -0.2) is 4.39 Å². The molecule has 0 amide bonds. The van der Waals surface area contributed by atoms with Gasteiger partial charge in [0.2, 0.25) is 5.75 Å². The Balaban J connectivity index is 2.14. The Hall–Kier alpha value is -2.47. The zero-order valence-electron chi connectivity index (χ0n) is 10.4. The third-order valence-corrected chi connectivity index (χ3v) is 2.95. The molecule has 1 aliphatic rings. The molecule has 0 spiro atoms. The van der Waals surface area contributed by atoms with Gasteiger partial charge in [0, 0.05) is 6.07 Å². The highest BCUT2D eigenvalue weighted by Crippen LogP contribution is 2.43. The molecule has 0 atom stereocenters. The summed E-state index contributed by atoms with van der Waals surface area (Å²) in [6.45, 7) is 0.818. The molecule has 1 aliphatic heterocycles. The first-order valence-electron chi connectivity index (χ1n) is 5.97. The lowest BCUT2D eigenvalue weighted by molar-refractivity contribution is 0.162. The van der Waals surface area contributed by atoms with Crippen molar-refractivity contribution in [2.24, 2.45) is 5.90 Å². The smallest absolute Gasteiger partial charge is 0.206 e. The van der Waals surface area contributed by atoms with E-state index in [1.54, 1.807) is 12.1 Å². The van der Waals surface area contributed by atoms with Gasteiger partial charge >= 0.3 is 0 Å². The van der Waals surface area contributed by atoms with Crippen molar-refractivity contribution < 1.29 is 23.8 Å². The molecule has 3 N–H and O–H groups in total. The van der Waals surface area contributed by atoms with Gasteiger partial charge in [-0.3, -0.25) is 0 Å². The number of nitrogens with two attached hydrogens (primary N) is 1. The van der Waals surface area contributed by atoms with Crippen LogP contribution in [0, 0.1) is 5.82 Å². The van der Waals surface area contributed by atoms with E-state index in [1.807, 2.05) is 0 Å². The van der Waals surface area contributed by atoms with Gasteiger partial charge in [-0.1, -0.05) is 0 Å². The van der Waals surface area contributed by atoms with Crippen molar-refractivity contribution in [3.05, 3.63) is 36.1 Å². The van der Waals surface area contributed by atoms with Crippen LogP contribution in [0.3, 0.4) is 0 Å². The number of fused-ring (bicyclic) bond motifs is 1. The number of phenolic OH excluding ortho intramolecular Hbond substituents is 1. The molecule has 2 aromatic rings. The minimum atomic E-state index is -0.537. The van der Waals surface area contributed by atoms with Crippen LogP contribution >= 0.6 is 0 Å². The molecule has 0 aromatic heterocycles. The maximum absolute atomic E-state index is 13.4. The molecule has 3 rings (SSSR count). The second kappa shape index (κ2) is 4.90. The molecule has 0 unspecified atom stereocenters. The molecule has 2 aromatic carbocycles. The fourth-order valence-corrected chi connectivity index (χ4v) is 2.12. The van der Waals surface area contributed by atoms with Crippen molar-refractivity contribution in [1.82, 2.24) is 0 Å². The van der Waals surface area contributed by atoms with E-state index >= 15 is 0 Å². The maximum Gasteiger partial charge on any atom is 0.206 e. The highest BCUT2D eigenvalue weighted by molar-refractivity contribution is 5.72. The van der Waals surface area contributed by atoms with Crippen LogP contribution in [0.1, 0.15) is 0 Å². The van der Waals surface area contributed by atoms with Crippen molar-refractivity contribution in [2.75, 3.05) is 13.2 Å². The third kappa shape index (κ3) is 2.21. The molecule has 104 valence electrons. The maximum atomic E-state index is 13.4. The Kier molecular flexibility index (Phi) is 3.08. The highest BCUT2D eigenvalue weighted by atomic mass is 19.1. The zero-order valence-corrected chi connectivity index (χ0v) is 10.4. The summed E-state index contributed by atoms with van der Waals surface area (Å²) in [4.78, 5) is 4.77. The second-order valence-corrected chi connectivity index (χ2v) is 4.31. The average Bonchev–Trinajstić information content (AvgIpc) is 2.45. The standard InChI is InChI=1S/C14H12FNO4/c15-10-3-8(4-11(17)7-10)9-5-12-14(13(6-9)20-16)19-2-1-18-12/h3-7,17H,1-2,16H2. The van der Waals surface area contributed by atoms with Crippen LogP contribution in [0.25, 0.3) is 11.1 Å². The van der Waals surface area contributed by atoms with Gasteiger partial charge < -0.3 is 19.4 Å². The molecule has 6 heteroatoms. The van der Waals surface area contributed by atoms with Gasteiger partial charge in [0.1, 0.15) is 24.8 Å². The number of halogens is 1. The Morgan fingerprint density at radius 1 is 1.05 bits per heavy atom. The quantitative estimate of drug-likeness (QED) is 0.823. The first-order valence-corrected chi connectivity index (χ1v) is 5.97. The van der Waals surface area contributed by atoms with E-state index in [0.29, 0.717) is 41.6 Å². The minimum absolute atomic E-state index is 0.162. The van der Waals surface area contributed by atoms with Crippen LogP contribution in [-0.4, -0.2) is 18.3 Å². The first kappa shape index (κ1) is 12.6. The van der Waals surface area contributed by atoms with Crippen molar-refractivity contribution in [2.45, 2.75) is 0 Å². The van der Waals surface area contributed by atoms with Crippen LogP contribution in [0.2, 0.25) is 0 Å². The highest BCUT2D eigenvalue weighted by Gasteiger charge is 2.19. The normalized spacial score (nSPS) is 13.1. The van der Waals surface area contributed by atoms with Crippen LogP contribution in [0.15, 0.2) is 30.3 Å². The van der Waals surface area contributed by atoms with Crippen molar-refractivity contribution in [3.63, 3.8) is 0 Å². The first-order chi connectivity index (χ1) is 9.67. The van der Waals surface area contributed by atoms with E-state index in [1.165, 1.54) is 12.1 Å². The van der Waals surface area contributed by atoms with Crippen LogP contribution in [-0.2, 0) is 0 Å². The Morgan fingerprint density at radius 2 is 1.80 bits per heavy atom. The third-order valence-electron chi connectivity index (χ3n) is 2.95. The lowest BCUT2D eigenvalue weighted by Gasteiger charge is -2.21. The summed E-state index contributed by atoms with van der Waals surface area (Å²) < 4.78 is 24.3. The number of ether oxygens (including phenoxy) is 2. The van der Waals surface area contributed by atoms with E-state index in [9.17, 15) is 9.50 Å². The van der Waals surface area contributed by atoms with Gasteiger partial charge in [0.05, 0.1) is 0 Å². The molecule has 1 heterocycles. The Bertz CT molecular complexity index is 622. The molecule has 0 aliphatic carbocycles. The Labute approximate surface area is 114 Å². The monoisotopic (exact) mass is 277 g/mol. The predicted molar refractivity (Wildman–Crippen MR) is 69.3 cm³/mol. The van der Waals surface area contributed by atoms with E-state index in [4.69, 9.17) is 20.2 Å². The topological polar surface area (TPSA) is 73.9 Å². The van der Waals surface area contributed by atoms with Gasteiger partial charge in [-0.15, -0.1) is 0 Å². The van der Waals surface area contributed by atoms with Gasteiger partial charge in [0.25, 0.3) is 0 Å². The molecule has 0 saturated carbocycles. The summed E-state index contributed by atoms with van der Waals surface area (Å²) in [5, 5.41) is 9.47. The van der Waals surface area contributed by atoms with E-state index in [-0.39, 0.29) is 5.75 Å². The SMILES string of the molecule is NOc1cc(-c2cc(O)cc(F)c2)cc2c1OCCO2. The lowest BCUT2D eigenvalue weighted by Crippen LogP contribution is -2.17. The number of phenols is 1. The van der Waals surface area contributed by atoms with Gasteiger partial charge in [-0.05, 0) is 35.4 Å². The molecule has 20 heavy (non-hydrogen) atoms. The summed E-state index contributed by atoms with van der Waals surface area (Å²) >= 11 is 0. The van der Waals surface area contributed by atoms with E-state index < -0.39 is 5.82 Å². The fraction of sp³-hybridized carbons (Fsp3) is 0.143. The number of aromatic hydroxyl groups is 1. The van der Waals surface area contributed by atoms with Crippen molar-refractivity contribution in [1.29, 1.82) is 0 Å². The predicted octanol–water partition coefficient (Wildman–Crippen LogP) is 2.22. The molecule has 5 nitrogen and oxygen atoms in total. The van der Waals surface area contributed by atoms with Gasteiger partial charge in [-0.2, -0.15) is 5.90 Å². The lowest BCUT2D eigenvalue weighted by atomic mass is 10.0. The number of hydrogen-bond donors (Lipinski definition) is 2. The van der Waals surface area contributed by atoms with Crippen LogP contribution < -0.4 is 20.2 Å². The fourth-order valence-electron chi connectivity index (χ4n) is 2.12. The summed E-state index contributed by atoms with van der Waals surface area (Å²) in [6, 6.07) is 7.05. The Morgan fingerprint density at radius 3 is 2.55 bits per heavy atom. The number of rotatable bonds is 2. The summed E-state index contributed by atoms with van der Waals surface area (Å²) in [5.41, 5.74) is 1.09. The molecular formula is C14H12FNO4. The molecule has 0 radical (unpaired) electrons. The molecule has 0 fully saturated rings. The molecule has 0 bridgehead atoms. The largest absolute Gasteiger partial charge is 0.508 e. The van der Waals surface area contributed by atoms with Crippen LogP contribution in [0.4, 0.5) is 4.39 Å². The minimum Gasteiger partial charge on any atom is -0.508 e.